The fourth-order valence-corrected chi connectivity index (χ4v) is 2.85. The molecule has 19 heavy (non-hydrogen) atoms. The Morgan fingerprint density at radius 1 is 1.16 bits per heavy atom. The first-order valence-electron chi connectivity index (χ1n) is 6.50. The second-order valence-corrected chi connectivity index (χ2v) is 5.16. The molecule has 1 aliphatic carbocycles. The molecule has 0 bridgehead atoms. The van der Waals surface area contributed by atoms with E-state index in [1.165, 1.54) is 0 Å². The van der Waals surface area contributed by atoms with Crippen molar-refractivity contribution in [3.63, 3.8) is 0 Å². The molecule has 1 saturated carbocycles. The molecule has 1 aromatic heterocycles. The van der Waals surface area contributed by atoms with E-state index >= 15 is 0 Å². The SMILES string of the molecule is [C-]#[N+]c1ccc(C2(O)CCC3(CC2)OCCO3)cn1. The molecule has 0 aromatic carbocycles. The monoisotopic (exact) mass is 260 g/mol. The topological polar surface area (TPSA) is 55.9 Å². The number of ether oxygens (including phenoxy) is 2. The summed E-state index contributed by atoms with van der Waals surface area (Å²) in [6.07, 6.45) is 4.15. The van der Waals surface area contributed by atoms with Crippen LogP contribution < -0.4 is 0 Å². The van der Waals surface area contributed by atoms with Gasteiger partial charge in [0.05, 0.1) is 18.8 Å². The normalized spacial score (nSPS) is 24.2. The van der Waals surface area contributed by atoms with Crippen molar-refractivity contribution in [3.05, 3.63) is 35.3 Å². The predicted molar refractivity (Wildman–Crippen MR) is 67.5 cm³/mol. The van der Waals surface area contributed by atoms with E-state index in [1.54, 1.807) is 18.3 Å². The molecule has 100 valence electrons. The van der Waals surface area contributed by atoms with Crippen LogP contribution in [-0.2, 0) is 15.1 Å². The van der Waals surface area contributed by atoms with E-state index in [4.69, 9.17) is 16.0 Å². The molecule has 1 saturated heterocycles. The van der Waals surface area contributed by atoms with Crippen LogP contribution in [-0.4, -0.2) is 29.1 Å². The van der Waals surface area contributed by atoms with Gasteiger partial charge in [0.1, 0.15) is 6.20 Å². The molecule has 3 rings (SSSR count). The molecular weight excluding hydrogens is 244 g/mol. The van der Waals surface area contributed by atoms with Gasteiger partial charge in [0.15, 0.2) is 5.79 Å². The number of hydrogen-bond acceptors (Lipinski definition) is 4. The van der Waals surface area contributed by atoms with Crippen molar-refractivity contribution in [3.8, 4) is 0 Å². The summed E-state index contributed by atoms with van der Waals surface area (Å²) in [7, 11) is 0. The molecule has 2 fully saturated rings. The molecule has 1 spiro atoms. The predicted octanol–water partition coefficient (Wildman–Crippen LogP) is 2.14. The maximum absolute atomic E-state index is 10.7. The Kier molecular flexibility index (Phi) is 3.02. The van der Waals surface area contributed by atoms with Gasteiger partial charge < -0.3 is 19.4 Å². The number of rotatable bonds is 1. The van der Waals surface area contributed by atoms with E-state index in [2.05, 4.69) is 9.83 Å². The number of aromatic nitrogens is 1. The zero-order chi connectivity index (χ0) is 13.3. The van der Waals surface area contributed by atoms with Crippen molar-refractivity contribution >= 4 is 5.82 Å². The van der Waals surface area contributed by atoms with Gasteiger partial charge in [-0.1, -0.05) is 12.6 Å². The Morgan fingerprint density at radius 2 is 1.84 bits per heavy atom. The Bertz CT molecular complexity index is 490. The zero-order valence-electron chi connectivity index (χ0n) is 10.6. The van der Waals surface area contributed by atoms with Crippen molar-refractivity contribution in [1.82, 2.24) is 4.98 Å². The number of pyridine rings is 1. The number of nitrogens with zero attached hydrogens (tertiary/aromatic N) is 2. The van der Waals surface area contributed by atoms with Gasteiger partial charge in [0.25, 0.3) is 5.82 Å². The van der Waals surface area contributed by atoms with Crippen LogP contribution in [0.25, 0.3) is 4.85 Å². The average Bonchev–Trinajstić information content (AvgIpc) is 2.92. The van der Waals surface area contributed by atoms with Crippen LogP contribution >= 0.6 is 0 Å². The lowest BCUT2D eigenvalue weighted by Crippen LogP contribution is -2.42. The molecule has 0 radical (unpaired) electrons. The van der Waals surface area contributed by atoms with Crippen molar-refractivity contribution in [2.45, 2.75) is 37.1 Å². The van der Waals surface area contributed by atoms with Crippen LogP contribution in [0.5, 0.6) is 0 Å². The highest BCUT2D eigenvalue weighted by molar-refractivity contribution is 5.37. The smallest absolute Gasteiger partial charge is 0.269 e. The van der Waals surface area contributed by atoms with Crippen LogP contribution in [0.4, 0.5) is 5.82 Å². The van der Waals surface area contributed by atoms with Crippen molar-refractivity contribution in [2.75, 3.05) is 13.2 Å². The maximum atomic E-state index is 10.7. The summed E-state index contributed by atoms with van der Waals surface area (Å²) in [5.74, 6) is -0.127. The second-order valence-electron chi connectivity index (χ2n) is 5.16. The lowest BCUT2D eigenvalue weighted by molar-refractivity contribution is -0.204. The molecule has 2 heterocycles. The Hall–Kier alpha value is -1.48. The van der Waals surface area contributed by atoms with Gasteiger partial charge in [-0.25, -0.2) is 0 Å². The van der Waals surface area contributed by atoms with Gasteiger partial charge >= 0.3 is 0 Å². The molecule has 0 atom stereocenters. The van der Waals surface area contributed by atoms with E-state index in [0.29, 0.717) is 44.7 Å². The summed E-state index contributed by atoms with van der Waals surface area (Å²) < 4.78 is 11.3. The first-order valence-corrected chi connectivity index (χ1v) is 6.50. The number of hydrogen-bond donors (Lipinski definition) is 1. The van der Waals surface area contributed by atoms with Gasteiger partial charge in [-0.15, -0.1) is 4.98 Å². The first-order chi connectivity index (χ1) is 9.16. The van der Waals surface area contributed by atoms with Crippen molar-refractivity contribution < 1.29 is 14.6 Å². The van der Waals surface area contributed by atoms with E-state index in [-0.39, 0.29) is 0 Å². The summed E-state index contributed by atoms with van der Waals surface area (Å²) in [5.41, 5.74) is -0.110. The summed E-state index contributed by atoms with van der Waals surface area (Å²) in [6.45, 7) is 8.16. The highest BCUT2D eigenvalue weighted by atomic mass is 16.7. The van der Waals surface area contributed by atoms with Gasteiger partial charge in [-0.3, -0.25) is 0 Å². The molecular formula is C14H16N2O3. The van der Waals surface area contributed by atoms with Gasteiger partial charge in [-0.2, -0.15) is 0 Å². The minimum absolute atomic E-state index is 0.349. The van der Waals surface area contributed by atoms with E-state index in [1.807, 2.05) is 0 Å². The zero-order valence-corrected chi connectivity index (χ0v) is 10.6. The molecule has 2 aliphatic rings. The molecule has 5 nitrogen and oxygen atoms in total. The molecule has 1 aliphatic heterocycles. The summed E-state index contributed by atoms with van der Waals surface area (Å²) in [6, 6.07) is 3.43. The quantitative estimate of drug-likeness (QED) is 0.786. The molecule has 1 aromatic rings. The Labute approximate surface area is 112 Å². The average molecular weight is 260 g/mol. The minimum atomic E-state index is -0.881. The van der Waals surface area contributed by atoms with Crippen LogP contribution in [0.3, 0.4) is 0 Å². The van der Waals surface area contributed by atoms with Gasteiger partial charge in [0, 0.05) is 18.4 Å². The third kappa shape index (κ3) is 2.23. The Morgan fingerprint density at radius 3 is 2.37 bits per heavy atom. The fourth-order valence-electron chi connectivity index (χ4n) is 2.85. The van der Waals surface area contributed by atoms with E-state index in [0.717, 1.165) is 5.56 Å². The maximum Gasteiger partial charge on any atom is 0.269 e. The van der Waals surface area contributed by atoms with Gasteiger partial charge in [-0.05, 0) is 18.9 Å². The first kappa shape index (κ1) is 12.5. The molecule has 1 N–H and O–H groups in total. The summed E-state index contributed by atoms with van der Waals surface area (Å²) >= 11 is 0. The van der Waals surface area contributed by atoms with Crippen LogP contribution in [0.2, 0.25) is 0 Å². The molecule has 5 heteroatoms. The van der Waals surface area contributed by atoms with E-state index < -0.39 is 11.4 Å². The lowest BCUT2D eigenvalue weighted by atomic mass is 9.77. The largest absolute Gasteiger partial charge is 0.385 e. The third-order valence-corrected chi connectivity index (χ3v) is 4.05. The highest BCUT2D eigenvalue weighted by Crippen LogP contribution is 2.44. The van der Waals surface area contributed by atoms with Crippen molar-refractivity contribution in [2.24, 2.45) is 0 Å². The van der Waals surface area contributed by atoms with Crippen LogP contribution in [0, 0.1) is 6.57 Å². The second kappa shape index (κ2) is 4.57. The van der Waals surface area contributed by atoms with E-state index in [9.17, 15) is 5.11 Å². The van der Waals surface area contributed by atoms with Gasteiger partial charge in [0.2, 0.25) is 0 Å². The molecule has 0 unspecified atom stereocenters. The lowest BCUT2D eigenvalue weighted by Gasteiger charge is -2.40. The number of aliphatic hydroxyl groups is 1. The highest BCUT2D eigenvalue weighted by Gasteiger charge is 2.46. The minimum Gasteiger partial charge on any atom is -0.385 e. The third-order valence-electron chi connectivity index (χ3n) is 4.05. The van der Waals surface area contributed by atoms with Crippen LogP contribution in [0.15, 0.2) is 18.3 Å². The van der Waals surface area contributed by atoms with Crippen molar-refractivity contribution in [1.29, 1.82) is 0 Å². The molecule has 0 amide bonds. The van der Waals surface area contributed by atoms with Crippen LogP contribution in [0.1, 0.15) is 31.2 Å². The fraction of sp³-hybridized carbons (Fsp3) is 0.571. The summed E-state index contributed by atoms with van der Waals surface area (Å²) in [5, 5.41) is 10.7. The standard InChI is InChI=1S/C14H16N2O3/c1-15-12-3-2-11(10-16-12)13(17)4-6-14(7-5-13)18-8-9-19-14/h2-3,10,17H,4-9H2. The summed E-state index contributed by atoms with van der Waals surface area (Å²) in [4.78, 5) is 7.28. The Balaban J connectivity index is 1.75.